The molecule has 1 aromatic carbocycles. The average molecular weight is 289 g/mol. The number of carboxylic acids is 1. The molecule has 1 fully saturated rings. The maximum Gasteiger partial charge on any atom is 0.328 e. The first-order valence-electron chi connectivity index (χ1n) is 7.53. The number of hydrogen-bond acceptors (Lipinski definition) is 3. The molecule has 1 atom stereocenters. The SMILES string of the molecule is CC1CCCCN1CCOc1ccc(C=CC(=O)O)cc1. The van der Waals surface area contributed by atoms with E-state index < -0.39 is 5.97 Å². The zero-order valence-corrected chi connectivity index (χ0v) is 12.5. The van der Waals surface area contributed by atoms with Gasteiger partial charge in [-0.15, -0.1) is 0 Å². The van der Waals surface area contributed by atoms with E-state index in [2.05, 4.69) is 11.8 Å². The van der Waals surface area contributed by atoms with E-state index >= 15 is 0 Å². The Kier molecular flexibility index (Phi) is 5.81. The predicted molar refractivity (Wildman–Crippen MR) is 83.5 cm³/mol. The van der Waals surface area contributed by atoms with E-state index in [1.165, 1.54) is 25.8 Å². The number of ether oxygens (including phenoxy) is 1. The lowest BCUT2D eigenvalue weighted by Gasteiger charge is -2.33. The van der Waals surface area contributed by atoms with Crippen LogP contribution in [0.5, 0.6) is 5.75 Å². The molecular formula is C17H23NO3. The molecule has 0 aromatic heterocycles. The van der Waals surface area contributed by atoms with Crippen LogP contribution in [0.2, 0.25) is 0 Å². The standard InChI is InChI=1S/C17H23NO3/c1-14-4-2-3-11-18(14)12-13-21-16-8-5-15(6-9-16)7-10-17(19)20/h5-10,14H,2-4,11-13H2,1H3,(H,19,20). The number of benzene rings is 1. The van der Waals surface area contributed by atoms with Gasteiger partial charge in [0, 0.05) is 18.7 Å². The van der Waals surface area contributed by atoms with Crippen molar-refractivity contribution in [1.82, 2.24) is 4.90 Å². The fourth-order valence-corrected chi connectivity index (χ4v) is 2.61. The Morgan fingerprint density at radius 3 is 2.81 bits per heavy atom. The van der Waals surface area contributed by atoms with Crippen molar-refractivity contribution in [1.29, 1.82) is 0 Å². The highest BCUT2D eigenvalue weighted by Gasteiger charge is 2.17. The van der Waals surface area contributed by atoms with Gasteiger partial charge in [-0.05, 0) is 50.1 Å². The number of aliphatic carboxylic acids is 1. The predicted octanol–water partition coefficient (Wildman–Crippen LogP) is 3.04. The Balaban J connectivity index is 1.77. The van der Waals surface area contributed by atoms with Gasteiger partial charge in [0.1, 0.15) is 12.4 Å². The topological polar surface area (TPSA) is 49.8 Å². The summed E-state index contributed by atoms with van der Waals surface area (Å²) in [6.45, 7) is 5.10. The summed E-state index contributed by atoms with van der Waals surface area (Å²) in [5, 5.41) is 8.57. The lowest BCUT2D eigenvalue weighted by molar-refractivity contribution is -0.131. The van der Waals surface area contributed by atoms with Crippen molar-refractivity contribution in [3.05, 3.63) is 35.9 Å². The van der Waals surface area contributed by atoms with Crippen molar-refractivity contribution in [3.63, 3.8) is 0 Å². The number of piperidine rings is 1. The van der Waals surface area contributed by atoms with Crippen LogP contribution in [0.25, 0.3) is 6.08 Å². The third-order valence-electron chi connectivity index (χ3n) is 3.89. The van der Waals surface area contributed by atoms with Gasteiger partial charge in [0.2, 0.25) is 0 Å². The second kappa shape index (κ2) is 7.84. The molecule has 114 valence electrons. The molecule has 1 aliphatic heterocycles. The second-order valence-corrected chi connectivity index (χ2v) is 5.47. The van der Waals surface area contributed by atoms with E-state index in [0.717, 1.165) is 23.9 Å². The number of nitrogens with zero attached hydrogens (tertiary/aromatic N) is 1. The van der Waals surface area contributed by atoms with Crippen LogP contribution in [0, 0.1) is 0 Å². The molecule has 0 bridgehead atoms. The molecule has 4 nitrogen and oxygen atoms in total. The third kappa shape index (κ3) is 5.23. The summed E-state index contributed by atoms with van der Waals surface area (Å²) in [4.78, 5) is 12.9. The molecule has 0 saturated carbocycles. The first-order chi connectivity index (χ1) is 10.1. The number of likely N-dealkylation sites (tertiary alicyclic amines) is 1. The normalized spacial score (nSPS) is 19.8. The molecular weight excluding hydrogens is 266 g/mol. The molecule has 1 aromatic rings. The number of hydrogen-bond donors (Lipinski definition) is 1. The van der Waals surface area contributed by atoms with Crippen LogP contribution in [-0.4, -0.2) is 41.7 Å². The molecule has 0 spiro atoms. The van der Waals surface area contributed by atoms with Crippen LogP contribution in [-0.2, 0) is 4.79 Å². The largest absolute Gasteiger partial charge is 0.492 e. The maximum absolute atomic E-state index is 10.4. The molecule has 1 N–H and O–H groups in total. The maximum atomic E-state index is 10.4. The number of carboxylic acid groups (broad SMARTS) is 1. The Morgan fingerprint density at radius 2 is 2.14 bits per heavy atom. The Labute approximate surface area is 126 Å². The number of carbonyl (C=O) groups is 1. The van der Waals surface area contributed by atoms with Crippen molar-refractivity contribution < 1.29 is 14.6 Å². The van der Waals surface area contributed by atoms with E-state index in [1.807, 2.05) is 24.3 Å². The van der Waals surface area contributed by atoms with Crippen LogP contribution < -0.4 is 4.74 Å². The van der Waals surface area contributed by atoms with Gasteiger partial charge in [-0.2, -0.15) is 0 Å². The molecule has 4 heteroatoms. The first-order valence-corrected chi connectivity index (χ1v) is 7.53. The summed E-state index contributed by atoms with van der Waals surface area (Å²) < 4.78 is 5.76. The van der Waals surface area contributed by atoms with Gasteiger partial charge >= 0.3 is 5.97 Å². The fourth-order valence-electron chi connectivity index (χ4n) is 2.61. The monoisotopic (exact) mass is 289 g/mol. The quantitative estimate of drug-likeness (QED) is 0.818. The second-order valence-electron chi connectivity index (χ2n) is 5.47. The zero-order chi connectivity index (χ0) is 15.1. The molecule has 0 aliphatic carbocycles. The van der Waals surface area contributed by atoms with Gasteiger partial charge in [-0.25, -0.2) is 4.79 Å². The lowest BCUT2D eigenvalue weighted by atomic mass is 10.0. The van der Waals surface area contributed by atoms with Gasteiger partial charge in [0.15, 0.2) is 0 Å². The summed E-state index contributed by atoms with van der Waals surface area (Å²) in [5.41, 5.74) is 0.856. The summed E-state index contributed by atoms with van der Waals surface area (Å²) in [5.74, 6) is -0.113. The van der Waals surface area contributed by atoms with Crippen molar-refractivity contribution in [2.24, 2.45) is 0 Å². The van der Waals surface area contributed by atoms with E-state index in [1.54, 1.807) is 6.08 Å². The van der Waals surface area contributed by atoms with Crippen molar-refractivity contribution in [3.8, 4) is 5.75 Å². The Hall–Kier alpha value is -1.81. The van der Waals surface area contributed by atoms with Crippen molar-refractivity contribution in [2.75, 3.05) is 19.7 Å². The summed E-state index contributed by atoms with van der Waals surface area (Å²) >= 11 is 0. The minimum Gasteiger partial charge on any atom is -0.492 e. The van der Waals surface area contributed by atoms with Crippen molar-refractivity contribution >= 4 is 12.0 Å². The van der Waals surface area contributed by atoms with Crippen LogP contribution in [0.15, 0.2) is 30.3 Å². The highest BCUT2D eigenvalue weighted by atomic mass is 16.5. The van der Waals surface area contributed by atoms with Crippen LogP contribution in [0.1, 0.15) is 31.7 Å². The zero-order valence-electron chi connectivity index (χ0n) is 12.5. The Morgan fingerprint density at radius 1 is 1.38 bits per heavy atom. The van der Waals surface area contributed by atoms with E-state index in [-0.39, 0.29) is 0 Å². The van der Waals surface area contributed by atoms with Crippen LogP contribution in [0.3, 0.4) is 0 Å². The molecule has 0 amide bonds. The first kappa shape index (κ1) is 15.6. The van der Waals surface area contributed by atoms with E-state index in [9.17, 15) is 4.79 Å². The summed E-state index contributed by atoms with van der Waals surface area (Å²) in [6, 6.07) is 8.13. The molecule has 1 heterocycles. The van der Waals surface area contributed by atoms with Crippen molar-refractivity contribution in [2.45, 2.75) is 32.2 Å². The average Bonchev–Trinajstić information content (AvgIpc) is 2.48. The van der Waals surface area contributed by atoms with Gasteiger partial charge < -0.3 is 9.84 Å². The summed E-state index contributed by atoms with van der Waals surface area (Å²) in [6.07, 6.45) is 6.61. The van der Waals surface area contributed by atoms with Gasteiger partial charge in [0.05, 0.1) is 0 Å². The molecule has 1 unspecified atom stereocenters. The fraction of sp³-hybridized carbons (Fsp3) is 0.471. The number of rotatable bonds is 6. The molecule has 2 rings (SSSR count). The molecule has 21 heavy (non-hydrogen) atoms. The van der Waals surface area contributed by atoms with Gasteiger partial charge in [-0.1, -0.05) is 18.6 Å². The lowest BCUT2D eigenvalue weighted by Crippen LogP contribution is -2.39. The third-order valence-corrected chi connectivity index (χ3v) is 3.89. The minimum absolute atomic E-state index is 0.658. The molecule has 0 radical (unpaired) electrons. The summed E-state index contributed by atoms with van der Waals surface area (Å²) in [7, 11) is 0. The molecule has 1 aliphatic rings. The van der Waals surface area contributed by atoms with E-state index in [0.29, 0.717) is 12.6 Å². The van der Waals surface area contributed by atoms with Crippen LogP contribution in [0.4, 0.5) is 0 Å². The smallest absolute Gasteiger partial charge is 0.328 e. The highest BCUT2D eigenvalue weighted by molar-refractivity contribution is 5.85. The molecule has 1 saturated heterocycles. The highest BCUT2D eigenvalue weighted by Crippen LogP contribution is 2.17. The van der Waals surface area contributed by atoms with E-state index in [4.69, 9.17) is 9.84 Å². The Bertz CT molecular complexity index is 481. The van der Waals surface area contributed by atoms with Gasteiger partial charge in [0.25, 0.3) is 0 Å². The van der Waals surface area contributed by atoms with Crippen LogP contribution >= 0.6 is 0 Å². The minimum atomic E-state index is -0.939. The van der Waals surface area contributed by atoms with Gasteiger partial charge in [-0.3, -0.25) is 4.90 Å².